The van der Waals surface area contributed by atoms with E-state index in [4.69, 9.17) is 28.4 Å². The van der Waals surface area contributed by atoms with Crippen molar-refractivity contribution in [3.63, 3.8) is 0 Å². The van der Waals surface area contributed by atoms with Crippen molar-refractivity contribution in [1.29, 1.82) is 0 Å². The average Bonchev–Trinajstić information content (AvgIpc) is 2.98. The van der Waals surface area contributed by atoms with Gasteiger partial charge in [-0.3, -0.25) is 4.90 Å². The highest BCUT2D eigenvalue weighted by atomic mass is 16.6. The molecule has 3 aromatic carbocycles. The van der Waals surface area contributed by atoms with Crippen molar-refractivity contribution in [2.45, 2.75) is 91.4 Å². The number of ether oxygens (including phenoxy) is 6. The SMILES string of the molecule is COc1c(C)c(OC)c(OCc2ccccc2)c2c1C[C@@H](C(=O)OC(C)(C)C)N(C(=O)OC(C)(C)C)[C@H]2COCc1ccccc1. The molecule has 0 spiro atoms. The zero-order valence-corrected chi connectivity index (χ0v) is 28.5. The first kappa shape index (κ1) is 34.6. The van der Waals surface area contributed by atoms with Crippen LogP contribution in [0.4, 0.5) is 4.79 Å². The van der Waals surface area contributed by atoms with Crippen molar-refractivity contribution in [2.75, 3.05) is 20.8 Å². The number of nitrogens with zero attached hydrogens (tertiary/aromatic N) is 1. The second kappa shape index (κ2) is 14.5. The molecule has 4 rings (SSSR count). The maximum absolute atomic E-state index is 14.2. The van der Waals surface area contributed by atoms with E-state index in [2.05, 4.69) is 0 Å². The van der Waals surface area contributed by atoms with Gasteiger partial charge in [0.05, 0.1) is 33.5 Å². The van der Waals surface area contributed by atoms with Crippen molar-refractivity contribution < 1.29 is 38.0 Å². The standard InChI is InChI=1S/C37H47NO8/c1-24-31(41-8)27-20-28(34(39)45-36(2,3)4)38(35(40)46-37(5,6)7)29(23-43-21-25-16-12-10-13-17-25)30(27)33(32(24)42-9)44-22-26-18-14-11-15-19-26/h10-19,28-29H,20-23H2,1-9H3/t28-,29-/m0/s1. The maximum atomic E-state index is 14.2. The lowest BCUT2D eigenvalue weighted by atomic mass is 9.85. The summed E-state index contributed by atoms with van der Waals surface area (Å²) >= 11 is 0. The zero-order chi connectivity index (χ0) is 33.6. The van der Waals surface area contributed by atoms with Gasteiger partial charge in [-0.2, -0.15) is 0 Å². The minimum atomic E-state index is -1.03. The molecular formula is C37H47NO8. The molecule has 0 radical (unpaired) electrons. The molecule has 1 aliphatic heterocycles. The average molecular weight is 634 g/mol. The Hall–Kier alpha value is -4.24. The minimum absolute atomic E-state index is 0.0253. The van der Waals surface area contributed by atoms with Crippen LogP contribution in [0, 0.1) is 6.92 Å². The molecule has 0 unspecified atom stereocenters. The van der Waals surface area contributed by atoms with E-state index in [9.17, 15) is 9.59 Å². The van der Waals surface area contributed by atoms with Gasteiger partial charge in [0.2, 0.25) is 0 Å². The van der Waals surface area contributed by atoms with Crippen molar-refractivity contribution in [2.24, 2.45) is 0 Å². The fourth-order valence-corrected chi connectivity index (χ4v) is 5.64. The molecule has 1 heterocycles. The molecule has 0 bridgehead atoms. The van der Waals surface area contributed by atoms with E-state index in [1.54, 1.807) is 55.8 Å². The third-order valence-corrected chi connectivity index (χ3v) is 7.44. The largest absolute Gasteiger partial charge is 0.496 e. The number of carbonyl (C=O) groups excluding carboxylic acids is 2. The summed E-state index contributed by atoms with van der Waals surface area (Å²) in [6.45, 7) is 13.2. The van der Waals surface area contributed by atoms with E-state index in [1.807, 2.05) is 67.6 Å². The summed E-state index contributed by atoms with van der Waals surface area (Å²) in [5, 5.41) is 0. The molecular weight excluding hydrogens is 586 g/mol. The van der Waals surface area contributed by atoms with Crippen LogP contribution in [-0.2, 0) is 38.6 Å². The Labute approximate surface area is 272 Å². The summed E-state index contributed by atoms with van der Waals surface area (Å²) in [7, 11) is 3.15. The highest BCUT2D eigenvalue weighted by Gasteiger charge is 2.48. The molecule has 9 nitrogen and oxygen atoms in total. The molecule has 0 aliphatic carbocycles. The molecule has 0 fully saturated rings. The summed E-state index contributed by atoms with van der Waals surface area (Å²) in [5.41, 5.74) is 2.35. The first-order chi connectivity index (χ1) is 21.7. The van der Waals surface area contributed by atoms with Crippen LogP contribution < -0.4 is 14.2 Å². The van der Waals surface area contributed by atoms with Crippen molar-refractivity contribution in [3.8, 4) is 17.2 Å². The Kier molecular flexibility index (Phi) is 10.9. The lowest BCUT2D eigenvalue weighted by Gasteiger charge is -2.44. The molecule has 0 saturated heterocycles. The molecule has 1 aliphatic rings. The van der Waals surface area contributed by atoms with Crippen LogP contribution in [0.25, 0.3) is 0 Å². The molecule has 1 amide bonds. The van der Waals surface area contributed by atoms with Gasteiger partial charge in [0.15, 0.2) is 11.5 Å². The van der Waals surface area contributed by atoms with Gasteiger partial charge in [-0.05, 0) is 59.6 Å². The lowest BCUT2D eigenvalue weighted by molar-refractivity contribution is -0.163. The molecule has 0 aromatic heterocycles. The van der Waals surface area contributed by atoms with E-state index >= 15 is 0 Å². The zero-order valence-electron chi connectivity index (χ0n) is 28.5. The summed E-state index contributed by atoms with van der Waals surface area (Å²) in [6, 6.07) is 17.7. The Bertz CT molecular complexity index is 1490. The number of benzene rings is 3. The number of hydrogen-bond acceptors (Lipinski definition) is 8. The molecule has 46 heavy (non-hydrogen) atoms. The van der Waals surface area contributed by atoms with Gasteiger partial charge < -0.3 is 28.4 Å². The first-order valence-corrected chi connectivity index (χ1v) is 15.5. The molecule has 9 heteroatoms. The Morgan fingerprint density at radius 3 is 1.83 bits per heavy atom. The third kappa shape index (κ3) is 8.31. The number of methoxy groups -OCH3 is 2. The fraction of sp³-hybridized carbons (Fsp3) is 0.459. The first-order valence-electron chi connectivity index (χ1n) is 15.5. The molecule has 2 atom stereocenters. The van der Waals surface area contributed by atoms with Gasteiger partial charge in [-0.15, -0.1) is 0 Å². The molecule has 3 aromatic rings. The number of hydrogen-bond donors (Lipinski definition) is 0. The van der Waals surface area contributed by atoms with E-state index in [-0.39, 0.29) is 26.2 Å². The predicted octanol–water partition coefficient (Wildman–Crippen LogP) is 7.35. The normalized spacial score (nSPS) is 16.3. The highest BCUT2D eigenvalue weighted by Crippen LogP contribution is 2.51. The summed E-state index contributed by atoms with van der Waals surface area (Å²) in [6.07, 6.45) is -0.566. The molecule has 0 saturated carbocycles. The van der Waals surface area contributed by atoms with Crippen LogP contribution in [0.15, 0.2) is 60.7 Å². The fourth-order valence-electron chi connectivity index (χ4n) is 5.64. The van der Waals surface area contributed by atoms with Gasteiger partial charge in [0, 0.05) is 23.1 Å². The predicted molar refractivity (Wildman–Crippen MR) is 175 cm³/mol. The highest BCUT2D eigenvalue weighted by molar-refractivity contribution is 5.84. The second-order valence-electron chi connectivity index (χ2n) is 13.3. The maximum Gasteiger partial charge on any atom is 0.411 e. The monoisotopic (exact) mass is 633 g/mol. The quantitative estimate of drug-likeness (QED) is 0.214. The second-order valence-corrected chi connectivity index (χ2v) is 13.3. The van der Waals surface area contributed by atoms with Gasteiger partial charge in [0.1, 0.15) is 29.6 Å². The molecule has 0 N–H and O–H groups in total. The van der Waals surface area contributed by atoms with E-state index < -0.39 is 35.3 Å². The Balaban J connectivity index is 1.93. The van der Waals surface area contributed by atoms with Crippen LogP contribution in [-0.4, -0.2) is 55.0 Å². The van der Waals surface area contributed by atoms with Gasteiger partial charge >= 0.3 is 12.1 Å². The van der Waals surface area contributed by atoms with Crippen molar-refractivity contribution in [3.05, 3.63) is 88.5 Å². The summed E-state index contributed by atoms with van der Waals surface area (Å²) in [5.74, 6) is 0.910. The number of fused-ring (bicyclic) bond motifs is 1. The van der Waals surface area contributed by atoms with Gasteiger partial charge in [0.25, 0.3) is 0 Å². The van der Waals surface area contributed by atoms with Crippen LogP contribution in [0.5, 0.6) is 17.2 Å². The minimum Gasteiger partial charge on any atom is -0.496 e. The van der Waals surface area contributed by atoms with Crippen molar-refractivity contribution in [1.82, 2.24) is 4.90 Å². The van der Waals surface area contributed by atoms with E-state index in [1.165, 1.54) is 4.90 Å². The Morgan fingerprint density at radius 1 is 0.761 bits per heavy atom. The number of rotatable bonds is 10. The van der Waals surface area contributed by atoms with Crippen molar-refractivity contribution >= 4 is 12.1 Å². The van der Waals surface area contributed by atoms with Gasteiger partial charge in [-0.1, -0.05) is 60.7 Å². The summed E-state index contributed by atoms with van der Waals surface area (Å²) < 4.78 is 36.6. The number of amides is 1. The lowest BCUT2D eigenvalue weighted by Crippen LogP contribution is -2.55. The smallest absolute Gasteiger partial charge is 0.411 e. The van der Waals surface area contributed by atoms with Crippen LogP contribution in [0.2, 0.25) is 0 Å². The third-order valence-electron chi connectivity index (χ3n) is 7.44. The van der Waals surface area contributed by atoms with E-state index in [0.717, 1.165) is 11.1 Å². The van der Waals surface area contributed by atoms with Crippen LogP contribution in [0.1, 0.15) is 75.4 Å². The van der Waals surface area contributed by atoms with E-state index in [0.29, 0.717) is 33.9 Å². The molecule has 248 valence electrons. The number of esters is 1. The van der Waals surface area contributed by atoms with Crippen LogP contribution >= 0.6 is 0 Å². The van der Waals surface area contributed by atoms with Crippen LogP contribution in [0.3, 0.4) is 0 Å². The summed E-state index contributed by atoms with van der Waals surface area (Å²) in [4.78, 5) is 29.5. The topological polar surface area (TPSA) is 92.8 Å². The van der Waals surface area contributed by atoms with Gasteiger partial charge in [-0.25, -0.2) is 9.59 Å². The number of carbonyl (C=O) groups is 2. The Morgan fingerprint density at radius 2 is 1.30 bits per heavy atom.